The van der Waals surface area contributed by atoms with E-state index in [1.54, 1.807) is 36.1 Å². The average Bonchev–Trinajstić information content (AvgIpc) is 0.900. The molecule has 5 saturated carbocycles. The van der Waals surface area contributed by atoms with E-state index in [0.29, 0.717) is 53.7 Å². The second-order valence-corrected chi connectivity index (χ2v) is 33.0. The first kappa shape index (κ1) is 67.1. The van der Waals surface area contributed by atoms with E-state index in [2.05, 4.69) is 79.4 Å². The lowest BCUT2D eigenvalue weighted by Crippen LogP contribution is -2.86. The summed E-state index contributed by atoms with van der Waals surface area (Å²) in [5, 5.41) is 106. The molecule has 13 rings (SSSR count). The van der Waals surface area contributed by atoms with E-state index >= 15 is 0 Å². The van der Waals surface area contributed by atoms with Crippen LogP contribution in [0.3, 0.4) is 0 Å². The van der Waals surface area contributed by atoms with E-state index in [9.17, 15) is 40.5 Å². The largest absolute Gasteiger partial charge is 0.485 e. The van der Waals surface area contributed by atoms with Crippen molar-refractivity contribution in [2.24, 2.45) is 52.8 Å². The third kappa shape index (κ3) is 11.6. The van der Waals surface area contributed by atoms with Gasteiger partial charge in [-0.15, -0.1) is 0 Å². The molecule has 5 bridgehead atoms. The molecule has 92 heavy (non-hydrogen) atoms. The lowest BCUT2D eigenvalue weighted by molar-refractivity contribution is -0.424. The molecule has 4 aromatic rings. The number of hydrogen-bond donors (Lipinski definition) is 10. The second-order valence-electron chi connectivity index (χ2n) is 30.3. The van der Waals surface area contributed by atoms with Gasteiger partial charge in [0.05, 0.1) is 30.7 Å². The monoisotopic (exact) mass is 1310 g/mol. The highest BCUT2D eigenvalue weighted by molar-refractivity contribution is 8.77. The molecular formula is C74H105N3O13S2. The van der Waals surface area contributed by atoms with Crippen molar-refractivity contribution in [2.75, 3.05) is 59.3 Å². The van der Waals surface area contributed by atoms with Crippen molar-refractivity contribution in [1.82, 2.24) is 16.0 Å². The third-order valence-electron chi connectivity index (χ3n) is 25.5. The van der Waals surface area contributed by atoms with Gasteiger partial charge in [-0.25, -0.2) is 0 Å². The fourth-order valence-corrected chi connectivity index (χ4v) is 25.4. The summed E-state index contributed by atoms with van der Waals surface area (Å²) in [5.41, 5.74) is -5.49. The maximum atomic E-state index is 14.0. The van der Waals surface area contributed by atoms with Crippen LogP contribution in [0.15, 0.2) is 77.4 Å². The molecule has 1 aromatic heterocycles. The van der Waals surface area contributed by atoms with Crippen LogP contribution in [0.4, 0.5) is 0 Å². The van der Waals surface area contributed by atoms with Crippen molar-refractivity contribution in [3.05, 3.63) is 84.1 Å². The van der Waals surface area contributed by atoms with Gasteiger partial charge >= 0.3 is 5.97 Å². The minimum atomic E-state index is -2.51. The quantitative estimate of drug-likeness (QED) is 0.0321. The molecule has 7 fully saturated rings. The molecule has 2 saturated heterocycles. The summed E-state index contributed by atoms with van der Waals surface area (Å²) < 4.78 is 33.0. The number of fused-ring (bicyclic) bond motifs is 12. The van der Waals surface area contributed by atoms with Crippen LogP contribution < -0.4 is 25.4 Å². The number of benzene rings is 3. The Morgan fingerprint density at radius 2 is 1.66 bits per heavy atom. The Morgan fingerprint density at radius 3 is 2.48 bits per heavy atom. The van der Waals surface area contributed by atoms with Gasteiger partial charge in [0.15, 0.2) is 16.9 Å². The standard InChI is InChI=1S/C74H105N3O13S2/c1-5-86-61(81)23-19-50-37-51-27-35-87-63(51)65-64(50)89-67-74(85)62-52(18-21-57(79)56(62)44-78)40-72(84,66(74)82)73(90-67)45-91-92-71(59(77-34-36-88-65)22-16-46(2)11-10-15-60(73)80)33-32-68(29-24-47(39-68)42-75-3)58(71)26-31-69(83)30-25-54(41-69)70(28-9-8-14-55(70)43-76-4)53-20-17-48-12-6-7-13-49(48)38-53/h6-7,12-13,17-18,20-21,27,35,37-38,46-47,52,54-60,62,66-67,75-80,82-85H,5,8-11,14-16,19,22-26,28-34,36,39-45H2,1-4H3. The number of ether oxygens (including phenoxy) is 4. The first-order chi connectivity index (χ1) is 44.4. The number of esters is 1. The van der Waals surface area contributed by atoms with E-state index in [1.165, 1.54) is 29.2 Å². The zero-order valence-corrected chi connectivity index (χ0v) is 56.5. The first-order valence-electron chi connectivity index (χ1n) is 35.4. The summed E-state index contributed by atoms with van der Waals surface area (Å²) in [6.07, 6.45) is 15.7. The van der Waals surface area contributed by atoms with Gasteiger partial charge in [0.2, 0.25) is 12.0 Å². The van der Waals surface area contributed by atoms with Crippen LogP contribution in [-0.4, -0.2) is 159 Å². The Bertz CT molecular complexity index is 3260. The number of aliphatic hydroxyl groups is 7. The second kappa shape index (κ2) is 27.1. The van der Waals surface area contributed by atoms with Crippen molar-refractivity contribution in [3.8, 4) is 11.5 Å². The highest BCUT2D eigenvalue weighted by Crippen LogP contribution is 2.70. The number of hydrogen-bond acceptors (Lipinski definition) is 18. The average molecular weight is 1310 g/mol. The zero-order valence-electron chi connectivity index (χ0n) is 54.8. The van der Waals surface area contributed by atoms with Gasteiger partial charge in [-0.05, 0) is 218 Å². The topological polar surface area (TPSA) is 245 Å². The Kier molecular flexibility index (Phi) is 19.8. The lowest BCUT2D eigenvalue weighted by atomic mass is 9.50. The Hall–Kier alpha value is -3.47. The SMILES string of the molecule is CCOC(=O)CCc1cc2ccoc2c2c1OC1OC3(CSSC4(CCC5(CCC(CNC)C5)C4CCC4(O)CCC(C5(c6ccc7ccccc7c6)CCCCC5CNC)C4)C(CCC(C)CCCC3O)NCCO2)C2(O)CC3C=CC(O)C(CO)C3C1(O)C2O. The molecular weight excluding hydrogens is 1200 g/mol. The van der Waals surface area contributed by atoms with Crippen molar-refractivity contribution >= 4 is 49.3 Å². The van der Waals surface area contributed by atoms with Gasteiger partial charge in [0.1, 0.15) is 23.9 Å². The zero-order chi connectivity index (χ0) is 64.3. The molecule has 20 atom stereocenters. The number of aryl methyl sites for hydroxylation is 1. The van der Waals surface area contributed by atoms with E-state index in [4.69, 9.17) is 23.4 Å². The maximum Gasteiger partial charge on any atom is 0.306 e. The summed E-state index contributed by atoms with van der Waals surface area (Å²) >= 11 is 0. The molecule has 10 N–H and O–H groups in total. The van der Waals surface area contributed by atoms with Gasteiger partial charge in [-0.2, -0.15) is 0 Å². The van der Waals surface area contributed by atoms with Crippen molar-refractivity contribution in [3.63, 3.8) is 0 Å². The Morgan fingerprint density at radius 1 is 0.826 bits per heavy atom. The first-order valence-corrected chi connectivity index (χ1v) is 37.7. The van der Waals surface area contributed by atoms with Crippen LogP contribution in [0, 0.1) is 52.8 Å². The molecule has 0 amide bonds. The normalized spacial score (nSPS) is 41.6. The molecule has 506 valence electrons. The molecule has 18 heteroatoms. The van der Waals surface area contributed by atoms with Crippen LogP contribution in [0.25, 0.3) is 21.7 Å². The number of rotatable bonds is 14. The summed E-state index contributed by atoms with van der Waals surface area (Å²) in [6.45, 7) is 6.18. The van der Waals surface area contributed by atoms with E-state index < -0.39 is 82.1 Å². The fourth-order valence-electron chi connectivity index (χ4n) is 21.1. The Labute approximate surface area is 552 Å². The summed E-state index contributed by atoms with van der Waals surface area (Å²) in [5.74, 6) is -1.30. The van der Waals surface area contributed by atoms with Crippen LogP contribution in [-0.2, 0) is 26.1 Å². The van der Waals surface area contributed by atoms with E-state index in [0.717, 1.165) is 103 Å². The predicted molar refractivity (Wildman–Crippen MR) is 360 cm³/mol. The summed E-state index contributed by atoms with van der Waals surface area (Å²) in [6, 6.07) is 19.6. The van der Waals surface area contributed by atoms with Crippen LogP contribution in [0.1, 0.15) is 160 Å². The summed E-state index contributed by atoms with van der Waals surface area (Å²) in [4.78, 5) is 13.2. The van der Waals surface area contributed by atoms with Gasteiger partial charge in [0.25, 0.3) is 0 Å². The fraction of sp³-hybridized carbons (Fsp3) is 0.716. The molecule has 20 unspecified atom stereocenters. The van der Waals surface area contributed by atoms with Crippen LogP contribution >= 0.6 is 21.6 Å². The molecule has 16 nitrogen and oxygen atoms in total. The molecule has 3 spiro atoms. The molecule has 4 heterocycles. The van der Waals surface area contributed by atoms with Gasteiger partial charge in [0, 0.05) is 58.8 Å². The van der Waals surface area contributed by atoms with Gasteiger partial charge in [-0.3, -0.25) is 4.79 Å². The molecule has 9 aliphatic rings. The van der Waals surface area contributed by atoms with Crippen molar-refractivity contribution in [1.29, 1.82) is 0 Å². The third-order valence-corrected chi connectivity index (χ3v) is 28.9. The van der Waals surface area contributed by atoms with Crippen LogP contribution in [0.5, 0.6) is 11.5 Å². The molecule has 3 aromatic carbocycles. The molecule has 6 aliphatic carbocycles. The minimum Gasteiger partial charge on any atom is -0.485 e. The minimum absolute atomic E-state index is 0.00579. The highest BCUT2D eigenvalue weighted by atomic mass is 33.1. The maximum absolute atomic E-state index is 14.0. The van der Waals surface area contributed by atoms with Crippen molar-refractivity contribution in [2.45, 2.75) is 218 Å². The number of allylic oxidation sites excluding steroid dienone is 1. The van der Waals surface area contributed by atoms with Gasteiger partial charge in [-0.1, -0.05) is 109 Å². The van der Waals surface area contributed by atoms with Gasteiger partial charge < -0.3 is 75.1 Å². The number of nitrogens with one attached hydrogen (secondary N) is 3. The van der Waals surface area contributed by atoms with Crippen LogP contribution in [0.2, 0.25) is 0 Å². The number of carbonyl (C=O) groups is 1. The smallest absolute Gasteiger partial charge is 0.306 e. The van der Waals surface area contributed by atoms with E-state index in [-0.39, 0.29) is 84.9 Å². The van der Waals surface area contributed by atoms with Crippen molar-refractivity contribution < 1.29 is 63.9 Å². The number of carbonyl (C=O) groups excluding carboxylic acids is 1. The number of furan rings is 1. The predicted octanol–water partition coefficient (Wildman–Crippen LogP) is 10.1. The highest BCUT2D eigenvalue weighted by Gasteiger charge is 2.78. The molecule has 3 aliphatic heterocycles. The molecule has 0 radical (unpaired) electrons. The lowest BCUT2D eigenvalue weighted by Gasteiger charge is -2.67. The number of aliphatic hydroxyl groups excluding tert-OH is 4. The Balaban J connectivity index is 0.928. The van der Waals surface area contributed by atoms with E-state index in [1.807, 2.05) is 22.9 Å². The summed E-state index contributed by atoms with van der Waals surface area (Å²) in [7, 11) is 7.59.